The minimum Gasteiger partial charge on any atom is -0.0931 e. The van der Waals surface area contributed by atoms with E-state index in [1.54, 1.807) is 0 Å². The Morgan fingerprint density at radius 3 is 1.75 bits per heavy atom. The molecular formula is C3H9Br. The van der Waals surface area contributed by atoms with Crippen LogP contribution >= 0.6 is 15.9 Å². The molecule has 4 heavy (non-hydrogen) atoms. The zero-order chi connectivity index (χ0) is 2.71. The lowest BCUT2D eigenvalue weighted by Gasteiger charge is -1.45. The number of halogens is 1. The van der Waals surface area contributed by atoms with Crippen LogP contribution in [0.5, 0.6) is 0 Å². The monoisotopic (exact) mass is 124 g/mol. The van der Waals surface area contributed by atoms with Gasteiger partial charge in [0.1, 0.15) is 0 Å². The van der Waals surface area contributed by atoms with Crippen LogP contribution in [0.4, 0.5) is 0 Å². The molecule has 0 spiro atoms. The molecule has 0 fully saturated rings. The van der Waals surface area contributed by atoms with Crippen molar-refractivity contribution in [3.8, 4) is 0 Å². The van der Waals surface area contributed by atoms with E-state index in [0.717, 1.165) is 5.33 Å². The first kappa shape index (κ1) is 8.82. The van der Waals surface area contributed by atoms with Gasteiger partial charge in [-0.25, -0.2) is 0 Å². The van der Waals surface area contributed by atoms with E-state index in [0.29, 0.717) is 0 Å². The predicted octanol–water partition coefficient (Wildman–Crippen LogP) is 2.04. The zero-order valence-corrected chi connectivity index (χ0v) is 3.67. The van der Waals surface area contributed by atoms with Crippen molar-refractivity contribution in [2.75, 3.05) is 5.33 Å². The molecule has 0 aliphatic carbocycles. The second kappa shape index (κ2) is 9.77. The molecule has 0 aliphatic heterocycles. The van der Waals surface area contributed by atoms with E-state index in [1.807, 2.05) is 6.92 Å². The summed E-state index contributed by atoms with van der Waals surface area (Å²) in [4.78, 5) is 0. The lowest BCUT2D eigenvalue weighted by atomic mass is 11.0. The molecule has 0 aromatic rings. The van der Waals surface area contributed by atoms with Crippen molar-refractivity contribution in [2.45, 2.75) is 14.4 Å². The van der Waals surface area contributed by atoms with Gasteiger partial charge in [-0.05, 0) is 0 Å². The molecule has 0 saturated carbocycles. The number of alkyl halides is 1. The average molecular weight is 125 g/mol. The van der Waals surface area contributed by atoms with Crippen molar-refractivity contribution in [1.29, 1.82) is 0 Å². The zero-order valence-electron chi connectivity index (χ0n) is 2.09. The summed E-state index contributed by atoms with van der Waals surface area (Å²) in [6.07, 6.45) is 0. The molecule has 0 N–H and O–H groups in total. The summed E-state index contributed by atoms with van der Waals surface area (Å²) in [5, 5.41) is 1.06. The molecule has 0 aliphatic rings. The maximum absolute atomic E-state index is 3.15. The van der Waals surface area contributed by atoms with E-state index in [1.165, 1.54) is 0 Å². The van der Waals surface area contributed by atoms with Gasteiger partial charge in [0.2, 0.25) is 0 Å². The van der Waals surface area contributed by atoms with Gasteiger partial charge in [-0.15, -0.1) is 0 Å². The molecule has 0 heterocycles. The predicted molar refractivity (Wildman–Crippen MR) is 26.2 cm³/mol. The fraction of sp³-hybridized carbons (Fsp3) is 1.00. The van der Waals surface area contributed by atoms with Gasteiger partial charge in [-0.1, -0.05) is 30.3 Å². The highest BCUT2D eigenvalue weighted by atomic mass is 79.9. The van der Waals surface area contributed by atoms with Gasteiger partial charge in [0.15, 0.2) is 0 Å². The standard InChI is InChI=1S/C2H5Br.CH4/c1-2-3;/h2H2,1H3;1H4. The Bertz CT molecular complexity index is 3.25. The van der Waals surface area contributed by atoms with E-state index in [2.05, 4.69) is 15.9 Å². The first-order chi connectivity index (χ1) is 1.41. The lowest BCUT2D eigenvalue weighted by Crippen LogP contribution is -1.34. The molecule has 0 amide bonds. The minimum atomic E-state index is 0. The Hall–Kier alpha value is 0.480. The quantitative estimate of drug-likeness (QED) is 0.434. The lowest BCUT2D eigenvalue weighted by molar-refractivity contribution is 1.56. The van der Waals surface area contributed by atoms with Crippen molar-refractivity contribution in [3.63, 3.8) is 0 Å². The van der Waals surface area contributed by atoms with Gasteiger partial charge in [0.05, 0.1) is 0 Å². The van der Waals surface area contributed by atoms with Crippen LogP contribution < -0.4 is 0 Å². The molecule has 1 heteroatoms. The van der Waals surface area contributed by atoms with Crippen molar-refractivity contribution >= 4 is 15.9 Å². The third-order valence-corrected chi connectivity index (χ3v) is 0. The number of hydrogen-bond acceptors (Lipinski definition) is 0. The highest BCUT2D eigenvalue weighted by Gasteiger charge is 1.38. The van der Waals surface area contributed by atoms with Crippen LogP contribution in [0.25, 0.3) is 0 Å². The average Bonchev–Trinajstić information content (AvgIpc) is 0.918. The van der Waals surface area contributed by atoms with Crippen molar-refractivity contribution in [2.24, 2.45) is 0 Å². The highest BCUT2D eigenvalue weighted by molar-refractivity contribution is 9.09. The van der Waals surface area contributed by atoms with Crippen molar-refractivity contribution in [1.82, 2.24) is 0 Å². The first-order valence-electron chi connectivity index (χ1n) is 0.974. The summed E-state index contributed by atoms with van der Waals surface area (Å²) in [7, 11) is 0. The molecule has 0 unspecified atom stereocenters. The summed E-state index contributed by atoms with van der Waals surface area (Å²) in [6, 6.07) is 0. The van der Waals surface area contributed by atoms with Gasteiger partial charge < -0.3 is 0 Å². The van der Waals surface area contributed by atoms with Gasteiger partial charge in [0, 0.05) is 5.33 Å². The third-order valence-electron chi connectivity index (χ3n) is 0. The molecule has 0 radical (unpaired) electrons. The fourth-order valence-electron chi connectivity index (χ4n) is 0. The number of hydrogen-bond donors (Lipinski definition) is 0. The van der Waals surface area contributed by atoms with Crippen LogP contribution in [0.3, 0.4) is 0 Å². The topological polar surface area (TPSA) is 0 Å². The summed E-state index contributed by atoms with van der Waals surface area (Å²) in [5.41, 5.74) is 0. The smallest absolute Gasteiger partial charge is 0.000281 e. The Balaban J connectivity index is 0. The molecule has 28 valence electrons. The molecule has 0 aromatic carbocycles. The second-order valence-corrected chi connectivity index (χ2v) is 1.39. The van der Waals surface area contributed by atoms with Crippen LogP contribution in [0.2, 0.25) is 0 Å². The van der Waals surface area contributed by atoms with E-state index in [9.17, 15) is 0 Å². The van der Waals surface area contributed by atoms with Crippen LogP contribution in [0.15, 0.2) is 0 Å². The molecule has 0 nitrogen and oxygen atoms in total. The third kappa shape index (κ3) is 23.6. The van der Waals surface area contributed by atoms with Crippen LogP contribution in [0, 0.1) is 0 Å². The van der Waals surface area contributed by atoms with Gasteiger partial charge in [0.25, 0.3) is 0 Å². The normalized spacial score (nSPS) is 4.50. The van der Waals surface area contributed by atoms with E-state index >= 15 is 0 Å². The largest absolute Gasteiger partial charge is 0.0931 e. The molecule has 0 rings (SSSR count). The highest BCUT2D eigenvalue weighted by Crippen LogP contribution is 1.67. The molecule has 0 bridgehead atoms. The Morgan fingerprint density at radius 1 is 1.75 bits per heavy atom. The van der Waals surface area contributed by atoms with Gasteiger partial charge in [-0.3, -0.25) is 0 Å². The first-order valence-corrected chi connectivity index (χ1v) is 2.10. The Kier molecular flexibility index (Phi) is 21.5. The van der Waals surface area contributed by atoms with Gasteiger partial charge in [-0.2, -0.15) is 0 Å². The van der Waals surface area contributed by atoms with Crippen molar-refractivity contribution < 1.29 is 0 Å². The van der Waals surface area contributed by atoms with E-state index < -0.39 is 0 Å². The summed E-state index contributed by atoms with van der Waals surface area (Å²) >= 11 is 3.15. The van der Waals surface area contributed by atoms with Gasteiger partial charge >= 0.3 is 0 Å². The fourth-order valence-corrected chi connectivity index (χ4v) is 0. The van der Waals surface area contributed by atoms with E-state index in [-0.39, 0.29) is 7.43 Å². The minimum absolute atomic E-state index is 0. The maximum Gasteiger partial charge on any atom is 0.000281 e. The number of rotatable bonds is 0. The van der Waals surface area contributed by atoms with Crippen molar-refractivity contribution in [3.05, 3.63) is 0 Å². The molecular weight excluding hydrogens is 116 g/mol. The van der Waals surface area contributed by atoms with Crippen LogP contribution in [-0.4, -0.2) is 5.33 Å². The molecule has 0 aromatic heterocycles. The summed E-state index contributed by atoms with van der Waals surface area (Å²) in [6.45, 7) is 2.04. The van der Waals surface area contributed by atoms with Crippen LogP contribution in [0.1, 0.15) is 14.4 Å². The molecule has 0 saturated heterocycles. The van der Waals surface area contributed by atoms with Crippen LogP contribution in [-0.2, 0) is 0 Å². The summed E-state index contributed by atoms with van der Waals surface area (Å²) in [5.74, 6) is 0. The Morgan fingerprint density at radius 2 is 1.75 bits per heavy atom. The maximum atomic E-state index is 3.15. The second-order valence-electron chi connectivity index (χ2n) is 0.267. The molecule has 0 atom stereocenters. The Labute approximate surface area is 36.3 Å². The summed E-state index contributed by atoms with van der Waals surface area (Å²) < 4.78 is 0. The van der Waals surface area contributed by atoms with E-state index in [4.69, 9.17) is 0 Å². The SMILES string of the molecule is C.CCBr.